The number of unbranched alkanes of at least 4 members (excludes halogenated alkanes) is 6. The van der Waals surface area contributed by atoms with Crippen molar-refractivity contribution in [1.29, 1.82) is 0 Å². The summed E-state index contributed by atoms with van der Waals surface area (Å²) in [5.41, 5.74) is -0.561. The number of rotatable bonds is 16. The van der Waals surface area contributed by atoms with E-state index in [-0.39, 0.29) is 0 Å². The van der Waals surface area contributed by atoms with Crippen molar-refractivity contribution in [1.82, 2.24) is 0 Å². The summed E-state index contributed by atoms with van der Waals surface area (Å²) in [7, 11) is 0. The summed E-state index contributed by atoms with van der Waals surface area (Å²) in [6.07, 6.45) is 9.81. The van der Waals surface area contributed by atoms with Crippen molar-refractivity contribution >= 4 is 11.9 Å². The second kappa shape index (κ2) is 14.1. The quantitative estimate of drug-likeness (QED) is 0.304. The summed E-state index contributed by atoms with van der Waals surface area (Å²) in [5.74, 6) is -1.99. The number of hydrogen-bond donors (Lipinski definition) is 2. The molecule has 0 spiro atoms. The van der Waals surface area contributed by atoms with Gasteiger partial charge in [-0.05, 0) is 38.5 Å². The molecule has 0 bridgehead atoms. The molecule has 1 unspecified atom stereocenters. The first kappa shape index (κ1) is 23.9. The van der Waals surface area contributed by atoms with Crippen LogP contribution in [0, 0.1) is 0 Å². The maximum absolute atomic E-state index is 12.2. The second-order valence-corrected chi connectivity index (χ2v) is 7.09. The number of esters is 1. The first-order chi connectivity index (χ1) is 11.9. The van der Waals surface area contributed by atoms with Gasteiger partial charge in [0.1, 0.15) is 5.60 Å². The van der Waals surface area contributed by atoms with Crippen molar-refractivity contribution in [3.05, 3.63) is 0 Å². The normalized spacial score (nSPS) is 12.8. The highest BCUT2D eigenvalue weighted by atomic mass is 16.6. The summed E-state index contributed by atoms with van der Waals surface area (Å²) in [4.78, 5) is 22.9. The number of ether oxygens (including phenoxy) is 1. The number of aliphatic hydroxyl groups excluding tert-OH is 1. The van der Waals surface area contributed by atoms with E-state index in [1.165, 1.54) is 19.3 Å². The smallest absolute Gasteiger partial charge is 0.336 e. The van der Waals surface area contributed by atoms with E-state index in [1.54, 1.807) is 0 Å². The fourth-order valence-electron chi connectivity index (χ4n) is 3.11. The number of carboxylic acid groups (broad SMARTS) is 1. The molecule has 0 heterocycles. The van der Waals surface area contributed by atoms with Crippen molar-refractivity contribution in [2.45, 2.75) is 116 Å². The minimum Gasteiger partial charge on any atom is -0.481 e. The lowest BCUT2D eigenvalue weighted by molar-refractivity contribution is -0.175. The number of hydrogen-bond acceptors (Lipinski definition) is 4. The Hall–Kier alpha value is -1.10. The highest BCUT2D eigenvalue weighted by Crippen LogP contribution is 2.32. The first-order valence-corrected chi connectivity index (χ1v) is 10.0. The van der Waals surface area contributed by atoms with Crippen LogP contribution >= 0.6 is 0 Å². The lowest BCUT2D eigenvalue weighted by Crippen LogP contribution is -2.39. The van der Waals surface area contributed by atoms with Gasteiger partial charge < -0.3 is 14.9 Å². The molecule has 0 aromatic rings. The largest absolute Gasteiger partial charge is 0.481 e. The molecule has 0 amide bonds. The Morgan fingerprint density at radius 2 is 1.32 bits per heavy atom. The van der Waals surface area contributed by atoms with Crippen molar-refractivity contribution in [3.8, 4) is 0 Å². The van der Waals surface area contributed by atoms with Gasteiger partial charge in [0, 0.05) is 0 Å². The molecular weight excluding hydrogens is 320 g/mol. The molecule has 0 saturated heterocycles. The molecule has 0 aromatic heterocycles. The summed E-state index contributed by atoms with van der Waals surface area (Å²) >= 11 is 0. The molecule has 0 saturated carbocycles. The van der Waals surface area contributed by atoms with Crippen LogP contribution in [0.2, 0.25) is 0 Å². The van der Waals surface area contributed by atoms with Crippen molar-refractivity contribution in [3.63, 3.8) is 0 Å². The third-order valence-corrected chi connectivity index (χ3v) is 4.66. The zero-order chi connectivity index (χ0) is 19.1. The lowest BCUT2D eigenvalue weighted by Gasteiger charge is -2.35. The lowest BCUT2D eigenvalue weighted by atomic mass is 9.85. The van der Waals surface area contributed by atoms with E-state index >= 15 is 0 Å². The fraction of sp³-hybridized carbons (Fsp3) is 0.900. The van der Waals surface area contributed by atoms with Gasteiger partial charge in [0.15, 0.2) is 6.10 Å². The molecule has 25 heavy (non-hydrogen) atoms. The fourth-order valence-corrected chi connectivity index (χ4v) is 3.11. The van der Waals surface area contributed by atoms with Crippen LogP contribution in [0.25, 0.3) is 0 Å². The molecule has 5 heteroatoms. The van der Waals surface area contributed by atoms with Gasteiger partial charge in [0.05, 0.1) is 6.42 Å². The van der Waals surface area contributed by atoms with E-state index < -0.39 is 30.1 Å². The van der Waals surface area contributed by atoms with E-state index in [9.17, 15) is 14.7 Å². The molecule has 2 N–H and O–H groups in total. The molecule has 0 aromatic carbocycles. The van der Waals surface area contributed by atoms with Crippen LogP contribution in [0.15, 0.2) is 0 Å². The van der Waals surface area contributed by atoms with Crippen molar-refractivity contribution < 1.29 is 24.5 Å². The van der Waals surface area contributed by atoms with E-state index in [0.717, 1.165) is 57.8 Å². The highest BCUT2D eigenvalue weighted by Gasteiger charge is 2.35. The van der Waals surface area contributed by atoms with Crippen LogP contribution in [-0.2, 0) is 14.3 Å². The second-order valence-electron chi connectivity index (χ2n) is 7.09. The van der Waals surface area contributed by atoms with Crippen LogP contribution in [0.3, 0.4) is 0 Å². The van der Waals surface area contributed by atoms with Crippen LogP contribution < -0.4 is 0 Å². The van der Waals surface area contributed by atoms with Crippen LogP contribution in [-0.4, -0.2) is 33.9 Å². The van der Waals surface area contributed by atoms with E-state index in [4.69, 9.17) is 9.84 Å². The Balaban J connectivity index is 4.95. The number of carboxylic acids is 1. The molecule has 0 aliphatic carbocycles. The van der Waals surface area contributed by atoms with Crippen LogP contribution in [0.4, 0.5) is 0 Å². The summed E-state index contributed by atoms with van der Waals surface area (Å²) in [6, 6.07) is 0. The molecule has 5 nitrogen and oxygen atoms in total. The Morgan fingerprint density at radius 1 is 0.840 bits per heavy atom. The van der Waals surface area contributed by atoms with Crippen LogP contribution in [0.1, 0.15) is 104 Å². The number of aliphatic carboxylic acids is 1. The first-order valence-electron chi connectivity index (χ1n) is 10.0. The Bertz CT molecular complexity index is 359. The van der Waals surface area contributed by atoms with E-state index in [0.29, 0.717) is 0 Å². The Morgan fingerprint density at radius 3 is 1.80 bits per heavy atom. The van der Waals surface area contributed by atoms with Gasteiger partial charge in [-0.3, -0.25) is 4.79 Å². The number of carbonyl (C=O) groups is 2. The SMILES string of the molecule is CCCCCCCC(CCCC)(CCCC)OC(=O)C(O)CC(=O)O. The van der Waals surface area contributed by atoms with Gasteiger partial charge in [-0.25, -0.2) is 4.79 Å². The molecule has 0 fully saturated rings. The molecule has 0 aliphatic rings. The summed E-state index contributed by atoms with van der Waals surface area (Å²) in [6.45, 7) is 6.39. The topological polar surface area (TPSA) is 83.8 Å². The molecule has 1 atom stereocenters. The van der Waals surface area contributed by atoms with Gasteiger partial charge in [-0.1, -0.05) is 59.3 Å². The maximum atomic E-state index is 12.2. The third kappa shape index (κ3) is 11.2. The molecular formula is C20H38O5. The van der Waals surface area contributed by atoms with E-state index in [2.05, 4.69) is 20.8 Å². The Kier molecular flexibility index (Phi) is 13.5. The maximum Gasteiger partial charge on any atom is 0.336 e. The zero-order valence-corrected chi connectivity index (χ0v) is 16.4. The van der Waals surface area contributed by atoms with Gasteiger partial charge >= 0.3 is 11.9 Å². The minimum absolute atomic E-state index is 0.561. The van der Waals surface area contributed by atoms with Gasteiger partial charge in [-0.2, -0.15) is 0 Å². The molecule has 0 radical (unpaired) electrons. The van der Waals surface area contributed by atoms with Gasteiger partial charge in [-0.15, -0.1) is 0 Å². The molecule has 0 aliphatic heterocycles. The average molecular weight is 359 g/mol. The predicted octanol–water partition coefficient (Wildman–Crippen LogP) is 4.84. The van der Waals surface area contributed by atoms with Gasteiger partial charge in [0.25, 0.3) is 0 Å². The van der Waals surface area contributed by atoms with Gasteiger partial charge in [0.2, 0.25) is 0 Å². The standard InChI is InChI=1S/C20H38O5/c1-4-7-10-11-12-15-20(13-8-5-2,14-9-6-3)25-19(24)17(21)16-18(22)23/h17,21H,4-16H2,1-3H3,(H,22,23). The average Bonchev–Trinajstić information content (AvgIpc) is 2.57. The van der Waals surface area contributed by atoms with E-state index in [1.807, 2.05) is 0 Å². The number of carbonyl (C=O) groups excluding carboxylic acids is 1. The predicted molar refractivity (Wildman–Crippen MR) is 99.5 cm³/mol. The zero-order valence-electron chi connectivity index (χ0n) is 16.4. The monoisotopic (exact) mass is 358 g/mol. The van der Waals surface area contributed by atoms with Crippen LogP contribution in [0.5, 0.6) is 0 Å². The summed E-state index contributed by atoms with van der Waals surface area (Å²) < 4.78 is 5.76. The number of aliphatic hydroxyl groups is 1. The molecule has 0 rings (SSSR count). The summed E-state index contributed by atoms with van der Waals surface area (Å²) in [5, 5.41) is 18.6. The molecule has 148 valence electrons. The Labute approximate surface area is 153 Å². The minimum atomic E-state index is -1.58. The third-order valence-electron chi connectivity index (χ3n) is 4.66. The highest BCUT2D eigenvalue weighted by molar-refractivity contribution is 5.81. The van der Waals surface area contributed by atoms with Crippen molar-refractivity contribution in [2.24, 2.45) is 0 Å². The van der Waals surface area contributed by atoms with Crippen molar-refractivity contribution in [2.75, 3.05) is 0 Å².